The fourth-order valence-corrected chi connectivity index (χ4v) is 4.03. The lowest BCUT2D eigenvalue weighted by Crippen LogP contribution is -2.16. The van der Waals surface area contributed by atoms with Crippen LogP contribution in [0.2, 0.25) is 5.02 Å². The lowest BCUT2D eigenvalue weighted by Gasteiger charge is -2.15. The highest BCUT2D eigenvalue weighted by Crippen LogP contribution is 2.38. The summed E-state index contributed by atoms with van der Waals surface area (Å²) in [6.07, 6.45) is 0.325. The monoisotopic (exact) mass is 445 g/mol. The summed E-state index contributed by atoms with van der Waals surface area (Å²) in [5, 5.41) is 10.7. The van der Waals surface area contributed by atoms with Crippen molar-refractivity contribution in [1.29, 1.82) is 0 Å². The third-order valence-electron chi connectivity index (χ3n) is 5.15. The molecule has 2 aromatic carbocycles. The first kappa shape index (κ1) is 20.9. The van der Waals surface area contributed by atoms with E-state index in [1.54, 1.807) is 18.2 Å². The molecule has 4 rings (SSSR count). The molecule has 1 N–H and O–H groups in total. The molecule has 0 radical (unpaired) electrons. The highest BCUT2D eigenvalue weighted by atomic mass is 35.5. The summed E-state index contributed by atoms with van der Waals surface area (Å²) in [4.78, 5) is 24.8. The van der Waals surface area contributed by atoms with Crippen molar-refractivity contribution in [3.63, 3.8) is 0 Å². The molecule has 1 aromatic heterocycles. The number of aromatic carboxylic acids is 1. The average Bonchev–Trinajstić information content (AvgIpc) is 3.01. The number of rotatable bonds is 4. The van der Waals surface area contributed by atoms with Crippen LogP contribution in [0.25, 0.3) is 16.5 Å². The Morgan fingerprint density at radius 2 is 1.90 bits per heavy atom. The fraction of sp³-hybridized carbons (Fsp3) is 0.130. The van der Waals surface area contributed by atoms with Crippen LogP contribution in [0.3, 0.4) is 0 Å². The van der Waals surface area contributed by atoms with Crippen molar-refractivity contribution in [2.45, 2.75) is 19.1 Å². The Bertz CT molecular complexity index is 1290. The van der Waals surface area contributed by atoms with Crippen molar-refractivity contribution in [2.24, 2.45) is 0 Å². The summed E-state index contributed by atoms with van der Waals surface area (Å²) in [6.45, 7) is -0.341. The van der Waals surface area contributed by atoms with E-state index in [0.717, 1.165) is 6.07 Å². The Hall–Kier alpha value is -3.32. The number of aromatic nitrogens is 1. The normalized spacial score (nSPS) is 14.2. The number of benzene rings is 2. The number of ketones is 1. The van der Waals surface area contributed by atoms with Crippen molar-refractivity contribution in [2.75, 3.05) is 0 Å². The number of halogens is 4. The van der Waals surface area contributed by atoms with E-state index in [0.29, 0.717) is 15.9 Å². The summed E-state index contributed by atoms with van der Waals surface area (Å²) in [6, 6.07) is 9.61. The van der Waals surface area contributed by atoms with E-state index < -0.39 is 17.7 Å². The predicted octanol–water partition coefficient (Wildman–Crippen LogP) is 5.97. The Kier molecular flexibility index (Phi) is 5.23. The average molecular weight is 446 g/mol. The van der Waals surface area contributed by atoms with Gasteiger partial charge in [-0.3, -0.25) is 4.79 Å². The van der Waals surface area contributed by atoms with Gasteiger partial charge < -0.3 is 9.67 Å². The fourth-order valence-electron chi connectivity index (χ4n) is 3.86. The van der Waals surface area contributed by atoms with Gasteiger partial charge in [-0.05, 0) is 29.8 Å². The molecule has 0 saturated carbocycles. The molecule has 0 spiro atoms. The SMILES string of the molecule is O=C1CC=CC=C1c1c(C(=O)O)n(Cc2ccccc2C(F)(F)F)c2ccc(Cl)cc12. The number of alkyl halides is 3. The van der Waals surface area contributed by atoms with E-state index in [-0.39, 0.29) is 41.1 Å². The third-order valence-corrected chi connectivity index (χ3v) is 5.39. The second kappa shape index (κ2) is 7.74. The molecule has 1 aliphatic carbocycles. The molecule has 1 heterocycles. The van der Waals surface area contributed by atoms with Crippen molar-refractivity contribution in [1.82, 2.24) is 4.57 Å². The minimum atomic E-state index is -4.60. The van der Waals surface area contributed by atoms with Crippen LogP contribution in [0.4, 0.5) is 13.2 Å². The Morgan fingerprint density at radius 1 is 1.16 bits per heavy atom. The van der Waals surface area contributed by atoms with Gasteiger partial charge in [0.05, 0.1) is 5.56 Å². The van der Waals surface area contributed by atoms with E-state index >= 15 is 0 Å². The highest BCUT2D eigenvalue weighted by molar-refractivity contribution is 6.32. The molecule has 0 fully saturated rings. The van der Waals surface area contributed by atoms with Gasteiger partial charge in [-0.15, -0.1) is 0 Å². The van der Waals surface area contributed by atoms with Crippen LogP contribution < -0.4 is 0 Å². The van der Waals surface area contributed by atoms with Gasteiger partial charge in [-0.25, -0.2) is 4.79 Å². The molecule has 8 heteroatoms. The van der Waals surface area contributed by atoms with Crippen LogP contribution in [0.15, 0.2) is 60.7 Å². The van der Waals surface area contributed by atoms with Gasteiger partial charge in [0.25, 0.3) is 0 Å². The zero-order valence-electron chi connectivity index (χ0n) is 15.9. The molecule has 0 bridgehead atoms. The van der Waals surface area contributed by atoms with E-state index in [4.69, 9.17) is 11.6 Å². The second-order valence-corrected chi connectivity index (χ2v) is 7.50. The van der Waals surface area contributed by atoms with Crippen LogP contribution in [-0.4, -0.2) is 21.4 Å². The predicted molar refractivity (Wildman–Crippen MR) is 111 cm³/mol. The quantitative estimate of drug-likeness (QED) is 0.538. The Labute approximate surface area is 179 Å². The summed E-state index contributed by atoms with van der Waals surface area (Å²) < 4.78 is 41.9. The zero-order valence-corrected chi connectivity index (χ0v) is 16.7. The molecule has 158 valence electrons. The van der Waals surface area contributed by atoms with E-state index in [1.165, 1.54) is 41.0 Å². The molecule has 31 heavy (non-hydrogen) atoms. The number of Topliss-reactive ketones (excluding diaryl/α,β-unsaturated/α-hetero) is 1. The summed E-state index contributed by atoms with van der Waals surface area (Å²) >= 11 is 6.13. The van der Waals surface area contributed by atoms with Gasteiger partial charge in [0, 0.05) is 40.0 Å². The Balaban J connectivity index is 2.03. The molecular weight excluding hydrogens is 431 g/mol. The maximum atomic E-state index is 13.5. The topological polar surface area (TPSA) is 59.3 Å². The second-order valence-electron chi connectivity index (χ2n) is 7.07. The van der Waals surface area contributed by atoms with Gasteiger partial charge in [-0.1, -0.05) is 48.0 Å². The first-order valence-corrected chi connectivity index (χ1v) is 9.67. The number of hydrogen-bond donors (Lipinski definition) is 1. The number of carboxylic acids is 1. The third kappa shape index (κ3) is 3.77. The standard InChI is InChI=1S/C23H15ClF3NO3/c24-14-9-10-18-16(11-14)20(15-6-2-4-8-19(15)29)21(22(30)31)28(18)12-13-5-1-3-7-17(13)23(25,26)27/h1-7,9-11H,8,12H2,(H,30,31). The lowest BCUT2D eigenvalue weighted by atomic mass is 9.93. The van der Waals surface area contributed by atoms with E-state index in [2.05, 4.69) is 0 Å². The first-order chi connectivity index (χ1) is 14.7. The van der Waals surface area contributed by atoms with Gasteiger partial charge in [0.2, 0.25) is 0 Å². The maximum absolute atomic E-state index is 13.5. The van der Waals surface area contributed by atoms with Gasteiger partial charge in [0.15, 0.2) is 5.78 Å². The molecule has 0 amide bonds. The minimum Gasteiger partial charge on any atom is -0.477 e. The van der Waals surface area contributed by atoms with Crippen LogP contribution >= 0.6 is 11.6 Å². The number of hydrogen-bond acceptors (Lipinski definition) is 2. The molecule has 0 aliphatic heterocycles. The molecular formula is C23H15ClF3NO3. The van der Waals surface area contributed by atoms with E-state index in [1.807, 2.05) is 0 Å². The van der Waals surface area contributed by atoms with E-state index in [9.17, 15) is 27.9 Å². The minimum absolute atomic E-state index is 0.0836. The van der Waals surface area contributed by atoms with Crippen molar-refractivity contribution in [3.05, 3.63) is 88.1 Å². The van der Waals surface area contributed by atoms with Crippen LogP contribution in [-0.2, 0) is 17.5 Å². The smallest absolute Gasteiger partial charge is 0.416 e. The Morgan fingerprint density at radius 3 is 2.58 bits per heavy atom. The van der Waals surface area contributed by atoms with Gasteiger partial charge >= 0.3 is 12.1 Å². The van der Waals surface area contributed by atoms with Crippen LogP contribution in [0.1, 0.15) is 33.6 Å². The number of fused-ring (bicyclic) bond motifs is 1. The summed E-state index contributed by atoms with van der Waals surface area (Å²) in [5.41, 5.74) is -0.473. The maximum Gasteiger partial charge on any atom is 0.416 e. The molecule has 0 atom stereocenters. The molecule has 3 aromatic rings. The van der Waals surface area contributed by atoms with Gasteiger partial charge in [0.1, 0.15) is 5.69 Å². The van der Waals surface area contributed by atoms with Crippen molar-refractivity contribution >= 4 is 39.8 Å². The van der Waals surface area contributed by atoms with Crippen molar-refractivity contribution < 1.29 is 27.9 Å². The number of carboxylic acid groups (broad SMARTS) is 1. The number of carbonyl (C=O) groups is 2. The first-order valence-electron chi connectivity index (χ1n) is 9.29. The molecule has 0 saturated heterocycles. The molecule has 4 nitrogen and oxygen atoms in total. The molecule has 0 unspecified atom stereocenters. The summed E-state index contributed by atoms with van der Waals surface area (Å²) in [7, 11) is 0. The number of carbonyl (C=O) groups excluding carboxylic acids is 1. The number of nitrogens with zero attached hydrogens (tertiary/aromatic N) is 1. The van der Waals surface area contributed by atoms with Crippen LogP contribution in [0, 0.1) is 0 Å². The van der Waals surface area contributed by atoms with Crippen LogP contribution in [0.5, 0.6) is 0 Å². The molecule has 1 aliphatic rings. The zero-order chi connectivity index (χ0) is 22.3. The largest absolute Gasteiger partial charge is 0.477 e. The van der Waals surface area contributed by atoms with Crippen molar-refractivity contribution in [3.8, 4) is 0 Å². The highest BCUT2D eigenvalue weighted by Gasteiger charge is 2.34. The lowest BCUT2D eigenvalue weighted by molar-refractivity contribution is -0.138. The number of allylic oxidation sites excluding steroid dienone is 4. The van der Waals surface area contributed by atoms with Gasteiger partial charge in [-0.2, -0.15) is 13.2 Å². The summed E-state index contributed by atoms with van der Waals surface area (Å²) in [5.74, 6) is -1.63.